The maximum Gasteiger partial charge on any atom is 0.234 e. The Kier molecular flexibility index (Phi) is 10.6. The Bertz CT molecular complexity index is 1030. The van der Waals surface area contributed by atoms with Crippen LogP contribution >= 0.6 is 0 Å². The lowest BCUT2D eigenvalue weighted by atomic mass is 10.0. The number of fused-ring (bicyclic) bond motifs is 1. The maximum absolute atomic E-state index is 12.9. The number of amides is 2. The number of aryl methyl sites for hydroxylation is 1. The molecule has 4 rings (SSSR count). The van der Waals surface area contributed by atoms with E-state index in [0.29, 0.717) is 51.7 Å². The van der Waals surface area contributed by atoms with E-state index < -0.39 is 0 Å². The molecule has 2 aliphatic heterocycles. The molecule has 2 aromatic rings. The van der Waals surface area contributed by atoms with E-state index in [0.717, 1.165) is 62.3 Å². The van der Waals surface area contributed by atoms with E-state index in [2.05, 4.69) is 59.3 Å². The zero-order valence-corrected chi connectivity index (χ0v) is 23.2. The smallest absolute Gasteiger partial charge is 0.234 e. The average molecular weight is 521 g/mol. The van der Waals surface area contributed by atoms with Crippen LogP contribution in [0, 0.1) is 0 Å². The lowest BCUT2D eigenvalue weighted by molar-refractivity contribution is -0.133. The highest BCUT2D eigenvalue weighted by Crippen LogP contribution is 2.25. The average Bonchev–Trinajstić information content (AvgIpc) is 2.93. The first-order chi connectivity index (χ1) is 18.5. The minimum atomic E-state index is 0.0574. The summed E-state index contributed by atoms with van der Waals surface area (Å²) < 4.78 is 6.22. The molecule has 0 saturated carbocycles. The van der Waals surface area contributed by atoms with Gasteiger partial charge in [0.1, 0.15) is 5.75 Å². The number of nitrogens with zero attached hydrogens (tertiary/aromatic N) is 3. The van der Waals surface area contributed by atoms with Crippen molar-refractivity contribution < 1.29 is 14.3 Å². The van der Waals surface area contributed by atoms with E-state index in [-0.39, 0.29) is 11.8 Å². The van der Waals surface area contributed by atoms with Gasteiger partial charge in [0.2, 0.25) is 11.8 Å². The number of piperazine rings is 1. The van der Waals surface area contributed by atoms with Crippen LogP contribution in [-0.4, -0.2) is 78.4 Å². The van der Waals surface area contributed by atoms with E-state index in [1.54, 1.807) is 0 Å². The molecule has 0 unspecified atom stereocenters. The fourth-order valence-electron chi connectivity index (χ4n) is 5.27. The molecule has 0 spiro atoms. The summed E-state index contributed by atoms with van der Waals surface area (Å²) in [6, 6.07) is 17.1. The largest absolute Gasteiger partial charge is 0.493 e. The van der Waals surface area contributed by atoms with Crippen LogP contribution in [0.1, 0.15) is 56.2 Å². The van der Waals surface area contributed by atoms with Crippen LogP contribution in [0.2, 0.25) is 0 Å². The minimum absolute atomic E-state index is 0.0574. The Morgan fingerprint density at radius 3 is 2.50 bits per heavy atom. The fourth-order valence-corrected chi connectivity index (χ4v) is 5.27. The quantitative estimate of drug-likeness (QED) is 0.627. The van der Waals surface area contributed by atoms with Crippen LogP contribution in [0.4, 0.5) is 0 Å². The second-order valence-electron chi connectivity index (χ2n) is 10.8. The third kappa shape index (κ3) is 8.57. The number of benzene rings is 2. The van der Waals surface area contributed by atoms with Crippen molar-refractivity contribution in [2.45, 2.75) is 65.1 Å². The normalized spacial score (nSPS) is 18.5. The van der Waals surface area contributed by atoms with Gasteiger partial charge in [0.25, 0.3) is 0 Å². The molecule has 0 aromatic heterocycles. The van der Waals surface area contributed by atoms with E-state index in [9.17, 15) is 9.59 Å². The van der Waals surface area contributed by atoms with Crippen LogP contribution in [0.25, 0.3) is 0 Å². The molecule has 2 amide bonds. The summed E-state index contributed by atoms with van der Waals surface area (Å²) in [6.07, 6.45) is 4.16. The van der Waals surface area contributed by atoms with Gasteiger partial charge in [-0.3, -0.25) is 19.4 Å². The van der Waals surface area contributed by atoms with Gasteiger partial charge in [-0.1, -0.05) is 42.5 Å². The van der Waals surface area contributed by atoms with Crippen molar-refractivity contribution in [2.75, 3.05) is 45.9 Å². The molecule has 2 aromatic carbocycles. The number of carbonyl (C=O) groups is 2. The highest BCUT2D eigenvalue weighted by Gasteiger charge is 2.22. The molecule has 2 heterocycles. The Labute approximate surface area is 228 Å². The number of nitrogens with one attached hydrogen (secondary N) is 1. The van der Waals surface area contributed by atoms with E-state index in [1.807, 2.05) is 23.1 Å². The van der Waals surface area contributed by atoms with Crippen molar-refractivity contribution >= 4 is 11.8 Å². The molecular formula is C31H44N4O3. The summed E-state index contributed by atoms with van der Waals surface area (Å²) in [5.41, 5.74) is 3.38. The van der Waals surface area contributed by atoms with Gasteiger partial charge < -0.3 is 15.0 Å². The molecule has 7 nitrogen and oxygen atoms in total. The molecule has 0 atom stereocenters. The monoisotopic (exact) mass is 520 g/mol. The van der Waals surface area contributed by atoms with E-state index in [4.69, 9.17) is 4.74 Å². The number of ether oxygens (including phenoxy) is 1. The zero-order chi connectivity index (χ0) is 26.7. The highest BCUT2D eigenvalue weighted by molar-refractivity contribution is 5.78. The number of rotatable bonds is 6. The number of hydrogen-bond donors (Lipinski definition) is 1. The second kappa shape index (κ2) is 14.3. The predicted molar refractivity (Wildman–Crippen MR) is 151 cm³/mol. The first-order valence-electron chi connectivity index (χ1n) is 14.3. The summed E-state index contributed by atoms with van der Waals surface area (Å²) in [5.74, 6) is 1.17. The van der Waals surface area contributed by atoms with E-state index >= 15 is 0 Å². The van der Waals surface area contributed by atoms with Crippen molar-refractivity contribution in [1.29, 1.82) is 0 Å². The van der Waals surface area contributed by atoms with Crippen molar-refractivity contribution in [2.24, 2.45) is 0 Å². The summed E-state index contributed by atoms with van der Waals surface area (Å²) >= 11 is 0. The van der Waals surface area contributed by atoms with Gasteiger partial charge in [-0.25, -0.2) is 0 Å². The SMILES string of the molecule is CC(C)N1CCN(C(=O)CCc2ccc3c(c2)CN(Cc2ccccc2)CC(=O)NCCCCCO3)CC1. The molecule has 1 saturated heterocycles. The second-order valence-corrected chi connectivity index (χ2v) is 10.8. The fraction of sp³-hybridized carbons (Fsp3) is 0.548. The third-order valence-corrected chi connectivity index (χ3v) is 7.56. The third-order valence-electron chi connectivity index (χ3n) is 7.56. The molecule has 7 heteroatoms. The minimum Gasteiger partial charge on any atom is -0.493 e. The van der Waals surface area contributed by atoms with Gasteiger partial charge in [0, 0.05) is 63.8 Å². The standard InChI is InChI=1S/C31H44N4O3/c1-25(2)34-16-18-35(19-17-34)31(37)14-12-26-11-13-29-28(21-26)23-33(22-27-9-5-3-6-10-27)24-30(36)32-15-7-4-8-20-38-29/h3,5-6,9-11,13,21,25H,4,7-8,12,14-20,22-24H2,1-2H3,(H,32,36). The summed E-state index contributed by atoms with van der Waals surface area (Å²) in [6.45, 7) is 10.9. The Morgan fingerprint density at radius 2 is 1.74 bits per heavy atom. The Hall–Kier alpha value is -2.90. The van der Waals surface area contributed by atoms with Crippen LogP contribution in [0.5, 0.6) is 5.75 Å². The Morgan fingerprint density at radius 1 is 0.947 bits per heavy atom. The van der Waals surface area contributed by atoms with Gasteiger partial charge in [-0.05, 0) is 56.7 Å². The van der Waals surface area contributed by atoms with Gasteiger partial charge in [-0.15, -0.1) is 0 Å². The molecule has 206 valence electrons. The van der Waals surface area contributed by atoms with Crippen molar-refractivity contribution in [3.8, 4) is 5.75 Å². The Balaban J connectivity index is 1.45. The van der Waals surface area contributed by atoms with Crippen molar-refractivity contribution in [3.63, 3.8) is 0 Å². The maximum atomic E-state index is 12.9. The topological polar surface area (TPSA) is 65.1 Å². The first-order valence-corrected chi connectivity index (χ1v) is 14.3. The molecule has 0 radical (unpaired) electrons. The zero-order valence-electron chi connectivity index (χ0n) is 23.2. The molecule has 1 N–H and O–H groups in total. The molecular weight excluding hydrogens is 476 g/mol. The first kappa shape index (κ1) is 28.1. The predicted octanol–water partition coefficient (Wildman–Crippen LogP) is 3.85. The molecule has 0 aliphatic carbocycles. The molecule has 1 fully saturated rings. The van der Waals surface area contributed by atoms with Crippen molar-refractivity contribution in [3.05, 3.63) is 65.2 Å². The number of carbonyl (C=O) groups excluding carboxylic acids is 2. The number of hydrogen-bond acceptors (Lipinski definition) is 5. The van der Waals surface area contributed by atoms with Crippen LogP contribution in [-0.2, 0) is 29.1 Å². The summed E-state index contributed by atoms with van der Waals surface area (Å²) in [4.78, 5) is 32.3. The molecule has 2 aliphatic rings. The van der Waals surface area contributed by atoms with Crippen LogP contribution in [0.3, 0.4) is 0 Å². The lowest BCUT2D eigenvalue weighted by Crippen LogP contribution is -2.50. The van der Waals surface area contributed by atoms with Crippen molar-refractivity contribution in [1.82, 2.24) is 20.0 Å². The lowest BCUT2D eigenvalue weighted by Gasteiger charge is -2.37. The molecule has 0 bridgehead atoms. The van der Waals surface area contributed by atoms with Gasteiger partial charge in [-0.2, -0.15) is 0 Å². The highest BCUT2D eigenvalue weighted by atomic mass is 16.5. The summed E-state index contributed by atoms with van der Waals surface area (Å²) in [5, 5.41) is 3.08. The van der Waals surface area contributed by atoms with Crippen LogP contribution < -0.4 is 10.1 Å². The van der Waals surface area contributed by atoms with Gasteiger partial charge in [0.05, 0.1) is 13.2 Å². The van der Waals surface area contributed by atoms with Crippen LogP contribution in [0.15, 0.2) is 48.5 Å². The van der Waals surface area contributed by atoms with Gasteiger partial charge in [0.15, 0.2) is 0 Å². The summed E-state index contributed by atoms with van der Waals surface area (Å²) in [7, 11) is 0. The van der Waals surface area contributed by atoms with E-state index in [1.165, 1.54) is 5.56 Å². The van der Waals surface area contributed by atoms with Gasteiger partial charge >= 0.3 is 0 Å². The molecule has 38 heavy (non-hydrogen) atoms.